The summed E-state index contributed by atoms with van der Waals surface area (Å²) in [5.41, 5.74) is 3.19. The van der Waals surface area contributed by atoms with Gasteiger partial charge >= 0.3 is 0 Å². The molecule has 0 radical (unpaired) electrons. The summed E-state index contributed by atoms with van der Waals surface area (Å²) in [7, 11) is 0. The smallest absolute Gasteiger partial charge is 0.208 e. The van der Waals surface area contributed by atoms with Crippen LogP contribution in [0.1, 0.15) is 83.1 Å². The van der Waals surface area contributed by atoms with Gasteiger partial charge in [0, 0.05) is 25.6 Å². The first kappa shape index (κ1) is 25.6. The number of anilines is 2. The SMILES string of the molecule is CCc1nc(N[C@H](C)C2CCC2)c2c(n1)nc(N1CCOC[C@H]1c1ccccc1)n2CC1CCC(C)CC1. The van der Waals surface area contributed by atoms with E-state index >= 15 is 0 Å². The van der Waals surface area contributed by atoms with Gasteiger partial charge in [0.05, 0.1) is 19.3 Å². The van der Waals surface area contributed by atoms with Crippen molar-refractivity contribution < 1.29 is 4.74 Å². The van der Waals surface area contributed by atoms with Gasteiger partial charge in [0.2, 0.25) is 5.95 Å². The Morgan fingerprint density at radius 3 is 2.53 bits per heavy atom. The second-order valence-electron chi connectivity index (χ2n) is 12.0. The van der Waals surface area contributed by atoms with Gasteiger partial charge < -0.3 is 19.5 Å². The molecular weight excluding hydrogens is 472 g/mol. The topological polar surface area (TPSA) is 68.1 Å². The molecule has 2 saturated carbocycles. The number of aryl methyl sites for hydroxylation is 1. The Bertz CT molecular complexity index is 1210. The maximum absolute atomic E-state index is 6.00. The number of ether oxygens (including phenoxy) is 1. The Labute approximate surface area is 227 Å². The number of fused-ring (bicyclic) bond motifs is 1. The normalized spacial score (nSPS) is 25.3. The number of nitrogens with zero attached hydrogens (tertiary/aromatic N) is 5. The quantitative estimate of drug-likeness (QED) is 0.374. The van der Waals surface area contributed by atoms with Gasteiger partial charge in [-0.05, 0) is 55.9 Å². The highest BCUT2D eigenvalue weighted by Gasteiger charge is 2.32. The zero-order chi connectivity index (χ0) is 26.1. The third-order valence-corrected chi connectivity index (χ3v) is 9.31. The lowest BCUT2D eigenvalue weighted by atomic mass is 9.80. The number of nitrogens with one attached hydrogen (secondary N) is 1. The summed E-state index contributed by atoms with van der Waals surface area (Å²) >= 11 is 0. The summed E-state index contributed by atoms with van der Waals surface area (Å²) in [6.07, 6.45) is 9.95. The monoisotopic (exact) mass is 516 g/mol. The predicted octanol–water partition coefficient (Wildman–Crippen LogP) is 6.39. The molecular formula is C31H44N6O. The van der Waals surface area contributed by atoms with Gasteiger partial charge in [-0.3, -0.25) is 0 Å². The standard InChI is InChI=1S/C31H44N6O/c1-4-27-33-29(32-22(3)24-11-8-12-24)28-30(34-27)35-31(37(28)19-23-15-13-21(2)14-16-23)36-17-18-38-20-26(36)25-9-6-5-7-10-25/h5-7,9-10,21-24,26H,4,8,11-20H2,1-3H3,(H,32,33,34)/t21?,22-,23?,26+/m1/s1. The first-order chi connectivity index (χ1) is 18.6. The summed E-state index contributed by atoms with van der Waals surface area (Å²) in [6.45, 7) is 10.0. The third kappa shape index (κ3) is 5.14. The molecule has 7 nitrogen and oxygen atoms in total. The van der Waals surface area contributed by atoms with Gasteiger partial charge in [-0.2, -0.15) is 4.98 Å². The van der Waals surface area contributed by atoms with Gasteiger partial charge in [0.15, 0.2) is 11.5 Å². The van der Waals surface area contributed by atoms with Crippen LogP contribution in [-0.4, -0.2) is 45.3 Å². The summed E-state index contributed by atoms with van der Waals surface area (Å²) in [6, 6.07) is 11.3. The van der Waals surface area contributed by atoms with Crippen LogP contribution in [0.3, 0.4) is 0 Å². The second kappa shape index (κ2) is 11.2. The molecule has 3 aliphatic rings. The van der Waals surface area contributed by atoms with Crippen LogP contribution < -0.4 is 10.2 Å². The Morgan fingerprint density at radius 2 is 1.82 bits per heavy atom. The minimum absolute atomic E-state index is 0.135. The second-order valence-corrected chi connectivity index (χ2v) is 12.0. The number of imidazole rings is 1. The highest BCUT2D eigenvalue weighted by Crippen LogP contribution is 2.38. The molecule has 2 atom stereocenters. The van der Waals surface area contributed by atoms with E-state index in [1.54, 1.807) is 0 Å². The largest absolute Gasteiger partial charge is 0.377 e. The van der Waals surface area contributed by atoms with E-state index in [9.17, 15) is 0 Å². The molecule has 38 heavy (non-hydrogen) atoms. The highest BCUT2D eigenvalue weighted by molar-refractivity contribution is 5.86. The molecule has 0 spiro atoms. The fourth-order valence-electron chi connectivity index (χ4n) is 6.56. The van der Waals surface area contributed by atoms with Gasteiger partial charge in [0.25, 0.3) is 0 Å². The average Bonchev–Trinajstić information content (AvgIpc) is 3.27. The molecule has 0 unspecified atom stereocenters. The van der Waals surface area contributed by atoms with E-state index in [-0.39, 0.29) is 6.04 Å². The van der Waals surface area contributed by atoms with Crippen LogP contribution in [-0.2, 0) is 17.7 Å². The molecule has 3 heterocycles. The number of benzene rings is 1. The van der Waals surface area contributed by atoms with Crippen LogP contribution in [0.2, 0.25) is 0 Å². The third-order valence-electron chi connectivity index (χ3n) is 9.31. The van der Waals surface area contributed by atoms with E-state index in [0.717, 1.165) is 60.1 Å². The lowest BCUT2D eigenvalue weighted by Gasteiger charge is -2.37. The zero-order valence-corrected chi connectivity index (χ0v) is 23.4. The van der Waals surface area contributed by atoms with Crippen molar-refractivity contribution in [2.75, 3.05) is 30.0 Å². The Balaban J connectivity index is 1.45. The van der Waals surface area contributed by atoms with Crippen molar-refractivity contribution in [3.05, 3.63) is 41.7 Å². The Morgan fingerprint density at radius 1 is 1.03 bits per heavy atom. The minimum atomic E-state index is 0.135. The first-order valence-corrected chi connectivity index (χ1v) is 15.0. The van der Waals surface area contributed by atoms with Crippen molar-refractivity contribution in [2.24, 2.45) is 17.8 Å². The van der Waals surface area contributed by atoms with Gasteiger partial charge in [-0.1, -0.05) is 63.4 Å². The van der Waals surface area contributed by atoms with Crippen LogP contribution in [0.5, 0.6) is 0 Å². The number of rotatable bonds is 8. The maximum atomic E-state index is 6.00. The van der Waals surface area contributed by atoms with Crippen LogP contribution in [0, 0.1) is 17.8 Å². The number of morpholine rings is 1. The molecule has 1 aromatic carbocycles. The molecule has 204 valence electrons. The first-order valence-electron chi connectivity index (χ1n) is 15.0. The van der Waals surface area contributed by atoms with Crippen molar-refractivity contribution in [3.63, 3.8) is 0 Å². The van der Waals surface area contributed by atoms with E-state index in [4.69, 9.17) is 19.7 Å². The van der Waals surface area contributed by atoms with Gasteiger partial charge in [-0.15, -0.1) is 0 Å². The highest BCUT2D eigenvalue weighted by atomic mass is 16.5. The molecule has 6 rings (SSSR count). The molecule has 3 fully saturated rings. The summed E-state index contributed by atoms with van der Waals surface area (Å²) in [5.74, 6) is 5.08. The van der Waals surface area contributed by atoms with E-state index in [0.29, 0.717) is 25.2 Å². The van der Waals surface area contributed by atoms with Crippen molar-refractivity contribution in [2.45, 2.75) is 90.8 Å². The minimum Gasteiger partial charge on any atom is -0.377 e. The molecule has 1 saturated heterocycles. The fraction of sp³-hybridized carbons (Fsp3) is 0.645. The van der Waals surface area contributed by atoms with Crippen LogP contribution >= 0.6 is 0 Å². The van der Waals surface area contributed by atoms with E-state index < -0.39 is 0 Å². The molecule has 1 N–H and O–H groups in total. The zero-order valence-electron chi connectivity index (χ0n) is 23.4. The number of aromatic nitrogens is 4. The molecule has 1 aliphatic heterocycles. The van der Waals surface area contributed by atoms with E-state index in [1.165, 1.54) is 50.5 Å². The van der Waals surface area contributed by atoms with Gasteiger partial charge in [0.1, 0.15) is 11.3 Å². The van der Waals surface area contributed by atoms with Crippen molar-refractivity contribution >= 4 is 22.9 Å². The predicted molar refractivity (Wildman–Crippen MR) is 154 cm³/mol. The molecule has 0 amide bonds. The van der Waals surface area contributed by atoms with Crippen molar-refractivity contribution in [1.29, 1.82) is 0 Å². The van der Waals surface area contributed by atoms with Crippen molar-refractivity contribution in [1.82, 2.24) is 19.5 Å². The molecule has 3 aromatic rings. The Kier molecular flexibility index (Phi) is 7.55. The van der Waals surface area contributed by atoms with Gasteiger partial charge in [-0.25, -0.2) is 9.97 Å². The summed E-state index contributed by atoms with van der Waals surface area (Å²) < 4.78 is 8.48. The fourth-order valence-corrected chi connectivity index (χ4v) is 6.56. The van der Waals surface area contributed by atoms with Crippen LogP contribution in [0.4, 0.5) is 11.8 Å². The van der Waals surface area contributed by atoms with Crippen LogP contribution in [0.25, 0.3) is 11.2 Å². The summed E-state index contributed by atoms with van der Waals surface area (Å²) in [5, 5.41) is 3.85. The van der Waals surface area contributed by atoms with Crippen LogP contribution in [0.15, 0.2) is 30.3 Å². The average molecular weight is 517 g/mol. The lowest BCUT2D eigenvalue weighted by molar-refractivity contribution is 0.0927. The maximum Gasteiger partial charge on any atom is 0.208 e. The Hall–Kier alpha value is -2.67. The number of hydrogen-bond donors (Lipinski definition) is 1. The van der Waals surface area contributed by atoms with Crippen molar-refractivity contribution in [3.8, 4) is 0 Å². The molecule has 0 bridgehead atoms. The molecule has 7 heteroatoms. The summed E-state index contributed by atoms with van der Waals surface area (Å²) in [4.78, 5) is 17.8. The van der Waals surface area contributed by atoms with E-state index in [1.807, 2.05) is 0 Å². The molecule has 2 aromatic heterocycles. The lowest BCUT2D eigenvalue weighted by Crippen LogP contribution is -2.41. The molecule has 2 aliphatic carbocycles. The van der Waals surface area contributed by atoms with E-state index in [2.05, 4.69) is 65.9 Å². The number of hydrogen-bond acceptors (Lipinski definition) is 6.